The van der Waals surface area contributed by atoms with Crippen molar-refractivity contribution in [3.63, 3.8) is 0 Å². The van der Waals surface area contributed by atoms with Crippen LogP contribution in [0.4, 0.5) is 0 Å². The molecule has 0 radical (unpaired) electrons. The third kappa shape index (κ3) is 1.84. The van der Waals surface area contributed by atoms with E-state index in [1.54, 1.807) is 6.07 Å². The molecule has 1 nitrogen and oxygen atoms in total. The van der Waals surface area contributed by atoms with Gasteiger partial charge in [0.05, 0.1) is 0 Å². The topological polar surface area (TPSA) is 20.2 Å². The number of allylic oxidation sites excluding steroid dienone is 1. The van der Waals surface area contributed by atoms with E-state index in [2.05, 4.69) is 0 Å². The van der Waals surface area contributed by atoms with Gasteiger partial charge < -0.3 is 5.11 Å². The number of rotatable bonds is 1. The van der Waals surface area contributed by atoms with Gasteiger partial charge in [-0.1, -0.05) is 24.3 Å². The van der Waals surface area contributed by atoms with E-state index in [0.29, 0.717) is 5.75 Å². The standard InChI is InChI=1S/C10H12O/c1-3-4-9-6-5-8(2)7-10(9)11/h3-7,11H,1-2H3/b4-3+. The zero-order valence-electron chi connectivity index (χ0n) is 6.83. The van der Waals surface area contributed by atoms with E-state index in [-0.39, 0.29) is 0 Å². The molecule has 1 aromatic rings. The van der Waals surface area contributed by atoms with Crippen LogP contribution in [0.25, 0.3) is 6.08 Å². The summed E-state index contributed by atoms with van der Waals surface area (Å²) in [6.07, 6.45) is 3.79. The zero-order chi connectivity index (χ0) is 8.27. The van der Waals surface area contributed by atoms with E-state index in [1.807, 2.05) is 38.1 Å². The number of hydrogen-bond donors (Lipinski definition) is 1. The first kappa shape index (κ1) is 7.86. The lowest BCUT2D eigenvalue weighted by molar-refractivity contribution is 0.473. The summed E-state index contributed by atoms with van der Waals surface area (Å²) >= 11 is 0. The quantitative estimate of drug-likeness (QED) is 0.649. The number of aromatic hydroxyl groups is 1. The number of phenols is 1. The molecule has 0 saturated heterocycles. The second-order valence-electron chi connectivity index (χ2n) is 2.56. The van der Waals surface area contributed by atoms with E-state index in [0.717, 1.165) is 11.1 Å². The molecule has 0 heterocycles. The van der Waals surface area contributed by atoms with Crippen LogP contribution in [0.1, 0.15) is 18.1 Å². The van der Waals surface area contributed by atoms with Gasteiger partial charge in [-0.05, 0) is 25.5 Å². The summed E-state index contributed by atoms with van der Waals surface area (Å²) in [4.78, 5) is 0. The maximum Gasteiger partial charge on any atom is 0.123 e. The molecule has 58 valence electrons. The predicted molar refractivity (Wildman–Crippen MR) is 47.6 cm³/mol. The van der Waals surface area contributed by atoms with Crippen molar-refractivity contribution in [1.82, 2.24) is 0 Å². The smallest absolute Gasteiger partial charge is 0.123 e. The van der Waals surface area contributed by atoms with E-state index >= 15 is 0 Å². The maximum absolute atomic E-state index is 9.37. The highest BCUT2D eigenvalue weighted by Crippen LogP contribution is 2.19. The molecule has 0 saturated carbocycles. The molecule has 1 rings (SSSR count). The van der Waals surface area contributed by atoms with Crippen LogP contribution < -0.4 is 0 Å². The van der Waals surface area contributed by atoms with Crippen molar-refractivity contribution in [2.75, 3.05) is 0 Å². The Kier molecular flexibility index (Phi) is 2.32. The number of aryl methyl sites for hydroxylation is 1. The molecule has 1 N–H and O–H groups in total. The Balaban J connectivity index is 3.09. The van der Waals surface area contributed by atoms with Gasteiger partial charge >= 0.3 is 0 Å². The van der Waals surface area contributed by atoms with E-state index in [1.165, 1.54) is 0 Å². The van der Waals surface area contributed by atoms with E-state index < -0.39 is 0 Å². The summed E-state index contributed by atoms with van der Waals surface area (Å²) < 4.78 is 0. The lowest BCUT2D eigenvalue weighted by atomic mass is 10.1. The van der Waals surface area contributed by atoms with Crippen molar-refractivity contribution in [3.05, 3.63) is 35.4 Å². The van der Waals surface area contributed by atoms with Gasteiger partial charge in [0.15, 0.2) is 0 Å². The van der Waals surface area contributed by atoms with E-state index in [9.17, 15) is 5.11 Å². The lowest BCUT2D eigenvalue weighted by Crippen LogP contribution is -1.76. The highest BCUT2D eigenvalue weighted by molar-refractivity contribution is 5.57. The first-order chi connectivity index (χ1) is 5.24. The molecule has 1 aromatic carbocycles. The third-order valence-corrected chi connectivity index (χ3v) is 1.53. The number of hydrogen-bond acceptors (Lipinski definition) is 1. The molecule has 0 aliphatic carbocycles. The molecular weight excluding hydrogens is 136 g/mol. The fraction of sp³-hybridized carbons (Fsp3) is 0.200. The average Bonchev–Trinajstić information content (AvgIpc) is 1.95. The summed E-state index contributed by atoms with van der Waals surface area (Å²) in [5, 5.41) is 9.37. The molecule has 0 bridgehead atoms. The number of phenolic OH excluding ortho intramolecular Hbond substituents is 1. The van der Waals surface area contributed by atoms with Crippen LogP contribution in [0.2, 0.25) is 0 Å². The largest absolute Gasteiger partial charge is 0.507 e. The summed E-state index contributed by atoms with van der Waals surface area (Å²) in [7, 11) is 0. The van der Waals surface area contributed by atoms with Gasteiger partial charge in [-0.25, -0.2) is 0 Å². The summed E-state index contributed by atoms with van der Waals surface area (Å²) in [5.41, 5.74) is 1.95. The molecule has 11 heavy (non-hydrogen) atoms. The molecule has 0 aromatic heterocycles. The SMILES string of the molecule is C/C=C/c1ccc(C)cc1O. The lowest BCUT2D eigenvalue weighted by Gasteiger charge is -1.98. The van der Waals surface area contributed by atoms with Crippen LogP contribution in [-0.4, -0.2) is 5.11 Å². The van der Waals surface area contributed by atoms with Crippen LogP contribution in [0.3, 0.4) is 0 Å². The Labute approximate surface area is 67.0 Å². The average molecular weight is 148 g/mol. The Hall–Kier alpha value is -1.24. The fourth-order valence-electron chi connectivity index (χ4n) is 0.974. The second-order valence-corrected chi connectivity index (χ2v) is 2.56. The maximum atomic E-state index is 9.37. The molecule has 0 aliphatic rings. The third-order valence-electron chi connectivity index (χ3n) is 1.53. The molecular formula is C10H12O. The first-order valence-corrected chi connectivity index (χ1v) is 3.66. The van der Waals surface area contributed by atoms with Gasteiger partial charge in [-0.3, -0.25) is 0 Å². The summed E-state index contributed by atoms with van der Waals surface area (Å²) in [5.74, 6) is 0.350. The van der Waals surface area contributed by atoms with E-state index in [4.69, 9.17) is 0 Å². The monoisotopic (exact) mass is 148 g/mol. The summed E-state index contributed by atoms with van der Waals surface area (Å²) in [6, 6.07) is 5.65. The minimum Gasteiger partial charge on any atom is -0.507 e. The van der Waals surface area contributed by atoms with Gasteiger partial charge in [-0.2, -0.15) is 0 Å². The highest BCUT2D eigenvalue weighted by atomic mass is 16.3. The molecule has 0 atom stereocenters. The van der Waals surface area contributed by atoms with Crippen LogP contribution in [-0.2, 0) is 0 Å². The Morgan fingerprint density at radius 2 is 2.09 bits per heavy atom. The van der Waals surface area contributed by atoms with Crippen LogP contribution in [0.15, 0.2) is 24.3 Å². The molecule has 0 amide bonds. The Morgan fingerprint density at radius 3 is 2.64 bits per heavy atom. The molecule has 0 fully saturated rings. The summed E-state index contributed by atoms with van der Waals surface area (Å²) in [6.45, 7) is 3.89. The molecule has 0 aliphatic heterocycles. The minimum absolute atomic E-state index is 0.350. The van der Waals surface area contributed by atoms with Crippen molar-refractivity contribution in [1.29, 1.82) is 0 Å². The van der Waals surface area contributed by atoms with Crippen LogP contribution >= 0.6 is 0 Å². The van der Waals surface area contributed by atoms with Crippen LogP contribution in [0.5, 0.6) is 5.75 Å². The van der Waals surface area contributed by atoms with Crippen molar-refractivity contribution >= 4 is 6.08 Å². The predicted octanol–water partition coefficient (Wildman–Crippen LogP) is 2.73. The van der Waals surface area contributed by atoms with Gasteiger partial charge in [-0.15, -0.1) is 0 Å². The van der Waals surface area contributed by atoms with Crippen molar-refractivity contribution in [2.45, 2.75) is 13.8 Å². The van der Waals surface area contributed by atoms with Gasteiger partial charge in [0, 0.05) is 5.56 Å². The zero-order valence-corrected chi connectivity index (χ0v) is 6.83. The van der Waals surface area contributed by atoms with Gasteiger partial charge in [0.1, 0.15) is 5.75 Å². The van der Waals surface area contributed by atoms with Gasteiger partial charge in [0.25, 0.3) is 0 Å². The fourth-order valence-corrected chi connectivity index (χ4v) is 0.974. The number of benzene rings is 1. The van der Waals surface area contributed by atoms with Crippen molar-refractivity contribution in [3.8, 4) is 5.75 Å². The van der Waals surface area contributed by atoms with Crippen LogP contribution in [0, 0.1) is 6.92 Å². The molecule has 0 unspecified atom stereocenters. The normalized spacial score (nSPS) is 10.7. The Bertz CT molecular complexity index is 274. The van der Waals surface area contributed by atoms with Crippen molar-refractivity contribution < 1.29 is 5.11 Å². The Morgan fingerprint density at radius 1 is 1.36 bits per heavy atom. The van der Waals surface area contributed by atoms with Gasteiger partial charge in [0.2, 0.25) is 0 Å². The second kappa shape index (κ2) is 3.24. The first-order valence-electron chi connectivity index (χ1n) is 3.66. The highest BCUT2D eigenvalue weighted by Gasteiger charge is 1.94. The molecule has 1 heteroatoms. The van der Waals surface area contributed by atoms with Crippen molar-refractivity contribution in [2.24, 2.45) is 0 Å². The molecule has 0 spiro atoms. The minimum atomic E-state index is 0.350.